The van der Waals surface area contributed by atoms with Crippen LogP contribution in [0.1, 0.15) is 31.9 Å². The van der Waals surface area contributed by atoms with E-state index in [1.54, 1.807) is 26.2 Å². The van der Waals surface area contributed by atoms with Gasteiger partial charge in [-0.2, -0.15) is 18.2 Å². The summed E-state index contributed by atoms with van der Waals surface area (Å²) < 4.78 is 56.6. The highest BCUT2D eigenvalue weighted by atomic mass is 32.1. The van der Waals surface area contributed by atoms with Gasteiger partial charge in [-0.3, -0.25) is 18.7 Å². The first-order valence-electron chi connectivity index (χ1n) is 11.5. The summed E-state index contributed by atoms with van der Waals surface area (Å²) in [5.41, 5.74) is -3.28. The first kappa shape index (κ1) is 29.1. The molecule has 15 heteroatoms. The summed E-state index contributed by atoms with van der Waals surface area (Å²) >= 11 is 1.95. The number of halogens is 4. The van der Waals surface area contributed by atoms with E-state index in [9.17, 15) is 36.7 Å². The number of aryl methyl sites for hydroxylation is 1. The number of carbonyl (C=O) groups is 2. The van der Waals surface area contributed by atoms with E-state index in [0.717, 1.165) is 38.0 Å². The van der Waals surface area contributed by atoms with E-state index < -0.39 is 46.1 Å². The Kier molecular flexibility index (Phi) is 7.49. The van der Waals surface area contributed by atoms with Crippen LogP contribution < -0.4 is 20.9 Å². The van der Waals surface area contributed by atoms with Gasteiger partial charge in [0.05, 0.1) is 22.8 Å². The van der Waals surface area contributed by atoms with Crippen LogP contribution in [-0.4, -0.2) is 25.7 Å². The Hall–Kier alpha value is -3.85. The highest BCUT2D eigenvalue weighted by Gasteiger charge is 2.34. The maximum Gasteiger partial charge on any atom is 0.419 e. The molecule has 0 saturated heterocycles. The first-order valence-corrected chi connectivity index (χ1v) is 13.3. The van der Waals surface area contributed by atoms with Crippen molar-refractivity contribution in [3.05, 3.63) is 71.5 Å². The van der Waals surface area contributed by atoms with Crippen LogP contribution in [0.15, 0.2) is 43.5 Å². The normalized spacial score (nSPS) is 12.8. The number of hydrogen-bond donors (Lipinski definition) is 0. The van der Waals surface area contributed by atoms with E-state index in [4.69, 9.17) is 4.84 Å². The van der Waals surface area contributed by atoms with Crippen molar-refractivity contribution in [3.63, 3.8) is 0 Å². The van der Waals surface area contributed by atoms with Gasteiger partial charge in [-0.05, 0) is 43.8 Å². The second kappa shape index (κ2) is 10.3. The monoisotopic (exact) mass is 598 g/mol. The SMILES string of the molecule is Cn1c(=O)c2c(CC(=O)N=c3scc(-c4ccc(C(F)(F)F)c(F)c4)n3OC(=O)C(C)(C)C)csc2n(C)c1=O. The van der Waals surface area contributed by atoms with Gasteiger partial charge in [-0.25, -0.2) is 14.0 Å². The Labute approximate surface area is 231 Å². The number of rotatable bonds is 4. The van der Waals surface area contributed by atoms with Crippen molar-refractivity contribution in [1.29, 1.82) is 0 Å². The van der Waals surface area contributed by atoms with Gasteiger partial charge < -0.3 is 4.84 Å². The zero-order valence-electron chi connectivity index (χ0n) is 21.8. The molecule has 3 heterocycles. The molecule has 40 heavy (non-hydrogen) atoms. The Bertz CT molecular complexity index is 1850. The third kappa shape index (κ3) is 5.43. The smallest absolute Gasteiger partial charge is 0.333 e. The predicted molar refractivity (Wildman–Crippen MR) is 140 cm³/mol. The molecule has 0 aliphatic heterocycles. The van der Waals surface area contributed by atoms with Crippen molar-refractivity contribution < 1.29 is 32.0 Å². The Balaban J connectivity index is 1.79. The maximum atomic E-state index is 14.3. The summed E-state index contributed by atoms with van der Waals surface area (Å²) in [7, 11) is 2.82. The number of thiazole rings is 1. The number of amides is 1. The number of thiophene rings is 1. The topological polar surface area (TPSA) is 105 Å². The lowest BCUT2D eigenvalue weighted by Crippen LogP contribution is -2.36. The van der Waals surface area contributed by atoms with Crippen molar-refractivity contribution in [3.8, 4) is 11.3 Å². The molecule has 212 valence electrons. The van der Waals surface area contributed by atoms with Gasteiger partial charge in [0.15, 0.2) is 0 Å². The molecule has 0 N–H and O–H groups in total. The number of benzene rings is 1. The summed E-state index contributed by atoms with van der Waals surface area (Å²) in [5, 5.41) is 3.12. The number of carbonyl (C=O) groups excluding carboxylic acids is 2. The Morgan fingerprint density at radius 3 is 2.30 bits per heavy atom. The second-order valence-electron chi connectivity index (χ2n) is 9.85. The Morgan fingerprint density at radius 2 is 1.70 bits per heavy atom. The molecular weight excluding hydrogens is 576 g/mol. The number of aromatic nitrogens is 3. The van der Waals surface area contributed by atoms with E-state index in [1.807, 2.05) is 0 Å². The molecule has 1 amide bonds. The lowest BCUT2D eigenvalue weighted by atomic mass is 9.98. The van der Waals surface area contributed by atoms with Crippen molar-refractivity contribution >= 4 is 44.8 Å². The molecule has 4 aromatic rings. The molecule has 0 unspecified atom stereocenters. The molecule has 3 aromatic heterocycles. The van der Waals surface area contributed by atoms with E-state index in [2.05, 4.69) is 4.99 Å². The van der Waals surface area contributed by atoms with Crippen LogP contribution in [0.25, 0.3) is 21.5 Å². The van der Waals surface area contributed by atoms with Gasteiger partial charge in [-0.1, -0.05) is 6.07 Å². The molecule has 0 bridgehead atoms. The summed E-state index contributed by atoms with van der Waals surface area (Å²) in [5.74, 6) is -3.01. The number of alkyl halides is 3. The molecule has 0 aliphatic rings. The highest BCUT2D eigenvalue weighted by Crippen LogP contribution is 2.33. The molecule has 0 radical (unpaired) electrons. The van der Waals surface area contributed by atoms with Gasteiger partial charge in [0.1, 0.15) is 16.3 Å². The van der Waals surface area contributed by atoms with E-state index in [1.165, 1.54) is 24.0 Å². The summed E-state index contributed by atoms with van der Waals surface area (Å²) in [6.45, 7) is 4.70. The van der Waals surface area contributed by atoms with E-state index in [0.29, 0.717) is 22.5 Å². The zero-order valence-corrected chi connectivity index (χ0v) is 23.4. The molecule has 0 saturated carbocycles. The van der Waals surface area contributed by atoms with Gasteiger partial charge in [0.2, 0.25) is 4.80 Å². The second-order valence-corrected chi connectivity index (χ2v) is 11.5. The number of hydrogen-bond acceptors (Lipinski definition) is 7. The predicted octanol–water partition coefficient (Wildman–Crippen LogP) is 3.66. The fourth-order valence-electron chi connectivity index (χ4n) is 3.64. The van der Waals surface area contributed by atoms with Crippen LogP contribution in [0, 0.1) is 11.2 Å². The Morgan fingerprint density at radius 1 is 1.02 bits per heavy atom. The first-order chi connectivity index (χ1) is 18.5. The number of fused-ring (bicyclic) bond motifs is 1. The van der Waals surface area contributed by atoms with Crippen LogP contribution in [0.4, 0.5) is 17.6 Å². The molecule has 9 nitrogen and oxygen atoms in total. The largest absolute Gasteiger partial charge is 0.419 e. The lowest BCUT2D eigenvalue weighted by molar-refractivity contribution is -0.153. The minimum Gasteiger partial charge on any atom is -0.333 e. The van der Waals surface area contributed by atoms with Gasteiger partial charge in [0, 0.05) is 25.0 Å². The van der Waals surface area contributed by atoms with Crippen LogP contribution in [0.3, 0.4) is 0 Å². The van der Waals surface area contributed by atoms with E-state index in [-0.39, 0.29) is 27.9 Å². The average molecular weight is 599 g/mol. The molecule has 0 aliphatic carbocycles. The highest BCUT2D eigenvalue weighted by molar-refractivity contribution is 7.17. The molecule has 0 atom stereocenters. The minimum absolute atomic E-state index is 0.00775. The quantitative estimate of drug-likeness (QED) is 0.334. The fourth-order valence-corrected chi connectivity index (χ4v) is 5.50. The van der Waals surface area contributed by atoms with Crippen molar-refractivity contribution in [2.24, 2.45) is 24.5 Å². The van der Waals surface area contributed by atoms with Crippen molar-refractivity contribution in [2.45, 2.75) is 33.4 Å². The molecule has 0 spiro atoms. The van der Waals surface area contributed by atoms with Crippen LogP contribution in [0.2, 0.25) is 0 Å². The standard InChI is InChI=1S/C25H22F4N4O5S2/c1-24(2,3)21(36)38-33-16(12-6-7-14(15(26)8-12)25(27,28)29)11-40-22(33)30-17(34)9-13-10-39-20-18(13)19(35)31(4)23(37)32(20)5/h6-8,10-11H,9H2,1-5H3. The van der Waals surface area contributed by atoms with Crippen LogP contribution >= 0.6 is 22.7 Å². The molecule has 0 fully saturated rings. The lowest BCUT2D eigenvalue weighted by Gasteiger charge is -2.17. The van der Waals surface area contributed by atoms with Crippen LogP contribution in [0.5, 0.6) is 0 Å². The number of nitrogens with zero attached hydrogens (tertiary/aromatic N) is 4. The summed E-state index contributed by atoms with van der Waals surface area (Å²) in [6, 6.07) is 2.23. The maximum absolute atomic E-state index is 14.3. The third-order valence-corrected chi connectivity index (χ3v) is 7.74. The molecule has 1 aromatic carbocycles. The van der Waals surface area contributed by atoms with E-state index >= 15 is 0 Å². The van der Waals surface area contributed by atoms with Gasteiger partial charge in [-0.15, -0.1) is 27.4 Å². The summed E-state index contributed by atoms with van der Waals surface area (Å²) in [4.78, 5) is 60.3. The van der Waals surface area contributed by atoms with Crippen molar-refractivity contribution in [1.82, 2.24) is 13.9 Å². The van der Waals surface area contributed by atoms with Crippen LogP contribution in [-0.2, 0) is 36.3 Å². The van der Waals surface area contributed by atoms with Gasteiger partial charge in [0.25, 0.3) is 11.5 Å². The average Bonchev–Trinajstić information content (AvgIpc) is 3.44. The fraction of sp³-hybridized carbons (Fsp3) is 0.320. The minimum atomic E-state index is -4.90. The van der Waals surface area contributed by atoms with Gasteiger partial charge >= 0.3 is 17.8 Å². The molecular formula is C25H22F4N4O5S2. The summed E-state index contributed by atoms with van der Waals surface area (Å²) in [6.07, 6.45) is -5.24. The zero-order chi connectivity index (χ0) is 29.7. The third-order valence-electron chi connectivity index (χ3n) is 5.83. The van der Waals surface area contributed by atoms with Crippen molar-refractivity contribution in [2.75, 3.05) is 0 Å². The molecule has 4 rings (SSSR count).